The first-order chi connectivity index (χ1) is 12.8. The summed E-state index contributed by atoms with van der Waals surface area (Å²) in [6.45, 7) is 4.21. The molecule has 0 radical (unpaired) electrons. The molecule has 0 aliphatic heterocycles. The van der Waals surface area contributed by atoms with Crippen LogP contribution in [0.3, 0.4) is 0 Å². The number of carbonyl (C=O) groups is 1. The Kier molecular flexibility index (Phi) is 5.36. The lowest BCUT2D eigenvalue weighted by Crippen LogP contribution is -2.14. The van der Waals surface area contributed by atoms with Crippen molar-refractivity contribution in [2.45, 2.75) is 20.4 Å². The highest BCUT2D eigenvalue weighted by atomic mass is 79.9. The number of halogens is 1. The van der Waals surface area contributed by atoms with Crippen LogP contribution in [0.5, 0.6) is 0 Å². The number of carbonyl (C=O) groups excluding carboxylic acids is 1. The molecule has 0 atom stereocenters. The molecule has 0 bridgehead atoms. The standard InChI is InChI=1S/C19H17BrN4O3/c1-12-5-3-6-13(2)17(12)21-19(25)15-8-4-7-14(9-15)10-23-11-16(20)18(22-23)24(26)27/h3-9,11H,10H2,1-2H3,(H,21,25). The summed E-state index contributed by atoms with van der Waals surface area (Å²) in [5.74, 6) is -0.444. The molecule has 0 unspecified atom stereocenters. The summed E-state index contributed by atoms with van der Waals surface area (Å²) >= 11 is 3.13. The maximum atomic E-state index is 12.6. The summed E-state index contributed by atoms with van der Waals surface area (Å²) in [7, 11) is 0. The van der Waals surface area contributed by atoms with Gasteiger partial charge in [-0.25, -0.2) is 0 Å². The number of hydrogen-bond donors (Lipinski definition) is 1. The van der Waals surface area contributed by atoms with Gasteiger partial charge in [0.05, 0.1) is 17.8 Å². The molecule has 0 fully saturated rings. The maximum absolute atomic E-state index is 12.6. The molecule has 138 valence electrons. The molecule has 1 heterocycles. The minimum atomic E-state index is -0.547. The summed E-state index contributed by atoms with van der Waals surface area (Å²) in [4.78, 5) is 23.0. The first-order valence-electron chi connectivity index (χ1n) is 8.19. The van der Waals surface area contributed by atoms with E-state index in [2.05, 4.69) is 26.3 Å². The minimum Gasteiger partial charge on any atom is -0.358 e. The van der Waals surface area contributed by atoms with Crippen molar-refractivity contribution in [3.8, 4) is 0 Å². The Bertz CT molecular complexity index is 1010. The molecule has 1 N–H and O–H groups in total. The van der Waals surface area contributed by atoms with Crippen LogP contribution < -0.4 is 5.32 Å². The summed E-state index contributed by atoms with van der Waals surface area (Å²) in [6.07, 6.45) is 1.54. The molecule has 0 spiro atoms. The van der Waals surface area contributed by atoms with Crippen molar-refractivity contribution in [3.05, 3.63) is 85.5 Å². The van der Waals surface area contributed by atoms with E-state index in [1.165, 1.54) is 4.68 Å². The number of rotatable bonds is 5. The van der Waals surface area contributed by atoms with Crippen LogP contribution in [-0.4, -0.2) is 20.6 Å². The second kappa shape index (κ2) is 7.71. The number of benzene rings is 2. The van der Waals surface area contributed by atoms with Gasteiger partial charge in [-0.05, 0) is 63.5 Å². The van der Waals surface area contributed by atoms with E-state index in [0.717, 1.165) is 22.4 Å². The molecule has 3 aromatic rings. The molecule has 8 heteroatoms. The van der Waals surface area contributed by atoms with Crippen LogP contribution in [0.1, 0.15) is 27.0 Å². The van der Waals surface area contributed by atoms with Crippen molar-refractivity contribution >= 4 is 33.3 Å². The van der Waals surface area contributed by atoms with E-state index in [1.54, 1.807) is 24.4 Å². The third-order valence-corrected chi connectivity index (χ3v) is 4.68. The van der Waals surface area contributed by atoms with Crippen LogP contribution >= 0.6 is 15.9 Å². The van der Waals surface area contributed by atoms with Gasteiger partial charge in [-0.3, -0.25) is 4.79 Å². The van der Waals surface area contributed by atoms with Crippen molar-refractivity contribution in [1.82, 2.24) is 9.78 Å². The topological polar surface area (TPSA) is 90.1 Å². The third kappa shape index (κ3) is 4.22. The zero-order valence-corrected chi connectivity index (χ0v) is 16.4. The van der Waals surface area contributed by atoms with Gasteiger partial charge in [-0.1, -0.05) is 30.3 Å². The second-order valence-electron chi connectivity index (χ2n) is 6.18. The van der Waals surface area contributed by atoms with Gasteiger partial charge in [0.15, 0.2) is 0 Å². The number of nitrogens with zero attached hydrogens (tertiary/aromatic N) is 3. The van der Waals surface area contributed by atoms with Gasteiger partial charge in [0.2, 0.25) is 0 Å². The fourth-order valence-corrected chi connectivity index (χ4v) is 3.25. The Morgan fingerprint density at radius 3 is 2.52 bits per heavy atom. The number of nitrogens with one attached hydrogen (secondary N) is 1. The number of para-hydroxylation sites is 1. The van der Waals surface area contributed by atoms with Crippen LogP contribution in [0.4, 0.5) is 11.5 Å². The molecule has 1 amide bonds. The van der Waals surface area contributed by atoms with Crippen LogP contribution in [0.2, 0.25) is 0 Å². The van der Waals surface area contributed by atoms with Crippen molar-refractivity contribution in [3.63, 3.8) is 0 Å². The number of nitro groups is 1. The average Bonchev–Trinajstić information content (AvgIpc) is 2.99. The van der Waals surface area contributed by atoms with Gasteiger partial charge in [-0.2, -0.15) is 4.68 Å². The van der Waals surface area contributed by atoms with Crippen LogP contribution in [0.15, 0.2) is 53.1 Å². The Morgan fingerprint density at radius 1 is 1.22 bits per heavy atom. The Hall–Kier alpha value is -3.00. The van der Waals surface area contributed by atoms with Crippen molar-refractivity contribution in [2.24, 2.45) is 0 Å². The lowest BCUT2D eigenvalue weighted by Gasteiger charge is -2.12. The minimum absolute atomic E-state index is 0.207. The Labute approximate surface area is 164 Å². The third-order valence-electron chi connectivity index (χ3n) is 4.13. The van der Waals surface area contributed by atoms with Crippen LogP contribution in [0, 0.1) is 24.0 Å². The number of amides is 1. The lowest BCUT2D eigenvalue weighted by molar-refractivity contribution is -0.390. The summed E-state index contributed by atoms with van der Waals surface area (Å²) < 4.78 is 1.78. The van der Waals surface area contributed by atoms with Crippen molar-refractivity contribution < 1.29 is 9.72 Å². The monoisotopic (exact) mass is 428 g/mol. The number of anilines is 1. The van der Waals surface area contributed by atoms with E-state index in [1.807, 2.05) is 38.1 Å². The predicted octanol–water partition coefficient (Wildman–Crippen LogP) is 4.47. The quantitative estimate of drug-likeness (QED) is 0.479. The molecule has 7 nitrogen and oxygen atoms in total. The van der Waals surface area contributed by atoms with E-state index >= 15 is 0 Å². The maximum Gasteiger partial charge on any atom is 0.404 e. The highest BCUT2D eigenvalue weighted by Gasteiger charge is 2.19. The lowest BCUT2D eigenvalue weighted by atomic mass is 10.1. The fraction of sp³-hybridized carbons (Fsp3) is 0.158. The summed E-state index contributed by atoms with van der Waals surface area (Å²) in [5, 5.41) is 17.8. The molecule has 0 aliphatic rings. The highest BCUT2D eigenvalue weighted by molar-refractivity contribution is 9.10. The smallest absolute Gasteiger partial charge is 0.358 e. The number of hydrogen-bond acceptors (Lipinski definition) is 4. The second-order valence-corrected chi connectivity index (χ2v) is 7.03. The van der Waals surface area contributed by atoms with E-state index < -0.39 is 4.92 Å². The number of aromatic nitrogens is 2. The van der Waals surface area contributed by atoms with E-state index in [0.29, 0.717) is 16.6 Å². The molecule has 1 aromatic heterocycles. The first kappa shape index (κ1) is 18.8. The fourth-order valence-electron chi connectivity index (χ4n) is 2.79. The van der Waals surface area contributed by atoms with Gasteiger partial charge >= 0.3 is 5.82 Å². The summed E-state index contributed by atoms with van der Waals surface area (Å²) in [6, 6.07) is 12.9. The largest absolute Gasteiger partial charge is 0.404 e. The molecular weight excluding hydrogens is 412 g/mol. The molecule has 0 saturated carbocycles. The summed E-state index contributed by atoms with van der Waals surface area (Å²) in [5.41, 5.74) is 4.12. The SMILES string of the molecule is Cc1cccc(C)c1NC(=O)c1cccc(Cn2cc(Br)c([N+](=O)[O-])n2)c1. The first-order valence-corrected chi connectivity index (χ1v) is 8.98. The van der Waals surface area contributed by atoms with Gasteiger partial charge in [-0.15, -0.1) is 0 Å². The zero-order chi connectivity index (χ0) is 19.6. The van der Waals surface area contributed by atoms with Gasteiger partial charge < -0.3 is 15.4 Å². The Morgan fingerprint density at radius 2 is 1.89 bits per heavy atom. The molecule has 2 aromatic carbocycles. The zero-order valence-electron chi connectivity index (χ0n) is 14.8. The predicted molar refractivity (Wildman–Crippen MR) is 106 cm³/mol. The molecule has 3 rings (SSSR count). The van der Waals surface area contributed by atoms with Crippen molar-refractivity contribution in [2.75, 3.05) is 5.32 Å². The molecule has 0 saturated heterocycles. The van der Waals surface area contributed by atoms with Crippen molar-refractivity contribution in [1.29, 1.82) is 0 Å². The van der Waals surface area contributed by atoms with Crippen LogP contribution in [-0.2, 0) is 6.54 Å². The molecular formula is C19H17BrN4O3. The molecule has 0 aliphatic carbocycles. The number of aryl methyl sites for hydroxylation is 2. The van der Waals surface area contributed by atoms with E-state index in [9.17, 15) is 14.9 Å². The highest BCUT2D eigenvalue weighted by Crippen LogP contribution is 2.23. The van der Waals surface area contributed by atoms with Crippen LogP contribution in [0.25, 0.3) is 0 Å². The van der Waals surface area contributed by atoms with E-state index in [-0.39, 0.29) is 11.7 Å². The van der Waals surface area contributed by atoms with Gasteiger partial charge in [0.25, 0.3) is 5.91 Å². The van der Waals surface area contributed by atoms with Gasteiger partial charge in [0, 0.05) is 11.3 Å². The Balaban J connectivity index is 1.80. The van der Waals surface area contributed by atoms with E-state index in [4.69, 9.17) is 0 Å². The average molecular weight is 429 g/mol. The van der Waals surface area contributed by atoms with Gasteiger partial charge in [0.1, 0.15) is 4.47 Å². The molecule has 27 heavy (non-hydrogen) atoms. The normalized spacial score (nSPS) is 10.6.